The van der Waals surface area contributed by atoms with E-state index in [-0.39, 0.29) is 18.8 Å². The van der Waals surface area contributed by atoms with Crippen molar-refractivity contribution in [2.45, 2.75) is 25.6 Å². The van der Waals surface area contributed by atoms with Crippen LogP contribution in [0, 0.1) is 11.8 Å². The number of hydrogen-bond donors (Lipinski definition) is 0. The van der Waals surface area contributed by atoms with Crippen LogP contribution >= 0.6 is 22.9 Å². The lowest BCUT2D eigenvalue weighted by molar-refractivity contribution is 0.0954. The van der Waals surface area contributed by atoms with Crippen molar-refractivity contribution in [1.82, 2.24) is 9.88 Å². The molecule has 2 heterocycles. The van der Waals surface area contributed by atoms with Crippen molar-refractivity contribution in [3.05, 3.63) is 58.0 Å². The summed E-state index contributed by atoms with van der Waals surface area (Å²) in [7, 11) is 0. The monoisotopic (exact) mass is 428 g/mol. The largest absolute Gasteiger partial charge is 0.489 e. The van der Waals surface area contributed by atoms with E-state index in [1.54, 1.807) is 5.51 Å². The molecule has 2 aliphatic rings. The number of fused-ring (bicyclic) bond motifs is 2. The zero-order valence-corrected chi connectivity index (χ0v) is 17.4. The van der Waals surface area contributed by atoms with Gasteiger partial charge in [-0.2, -0.15) is 0 Å². The van der Waals surface area contributed by atoms with E-state index in [1.807, 2.05) is 46.7 Å². The molecule has 1 saturated heterocycles. The number of halogens is 1. The molecule has 5 rings (SSSR count). The third kappa shape index (κ3) is 3.67. The van der Waals surface area contributed by atoms with Gasteiger partial charge in [-0.05, 0) is 30.9 Å². The molecule has 1 aliphatic heterocycles. The second kappa shape index (κ2) is 7.84. The minimum absolute atomic E-state index is 0.0981. The molecule has 2 aromatic carbocycles. The van der Waals surface area contributed by atoms with E-state index in [1.165, 1.54) is 11.3 Å². The molecular formula is C22H21ClN2O3S. The molecule has 3 aromatic rings. The van der Waals surface area contributed by atoms with Gasteiger partial charge in [0.15, 0.2) is 0 Å². The fraction of sp³-hybridized carbons (Fsp3) is 0.364. The number of thiazole rings is 1. The lowest BCUT2D eigenvalue weighted by atomic mass is 9.99. The van der Waals surface area contributed by atoms with Gasteiger partial charge in [-0.15, -0.1) is 11.3 Å². The van der Waals surface area contributed by atoms with Crippen molar-refractivity contribution < 1.29 is 14.3 Å². The maximum Gasteiger partial charge on any atom is 0.410 e. The highest BCUT2D eigenvalue weighted by molar-refractivity contribution is 7.07. The van der Waals surface area contributed by atoms with Gasteiger partial charge in [0, 0.05) is 40.2 Å². The van der Waals surface area contributed by atoms with Crippen LogP contribution in [0.3, 0.4) is 0 Å². The normalized spacial score (nSPS) is 23.3. The summed E-state index contributed by atoms with van der Waals surface area (Å²) in [6.45, 7) is 1.64. The lowest BCUT2D eigenvalue weighted by Crippen LogP contribution is -2.32. The fourth-order valence-corrected chi connectivity index (χ4v) is 5.32. The predicted octanol–water partition coefficient (Wildman–Crippen LogP) is 5.38. The Morgan fingerprint density at radius 1 is 1.17 bits per heavy atom. The first-order chi connectivity index (χ1) is 14.2. The van der Waals surface area contributed by atoms with Crippen LogP contribution in [0.5, 0.6) is 5.75 Å². The van der Waals surface area contributed by atoms with Crippen LogP contribution in [0.2, 0.25) is 5.02 Å². The SMILES string of the molecule is O=C(OCc1cscn1)N1C[C@H]2CC[C@H](Oc3ccc(Cl)c4ccccc34)[C@H]2C1. The summed E-state index contributed by atoms with van der Waals surface area (Å²) in [6, 6.07) is 11.9. The Hall–Kier alpha value is -2.31. The molecule has 29 heavy (non-hydrogen) atoms. The molecule has 7 heteroatoms. The number of rotatable bonds is 4. The summed E-state index contributed by atoms with van der Waals surface area (Å²) in [5, 5.41) is 4.65. The number of ether oxygens (including phenoxy) is 2. The third-order valence-corrected chi connectivity index (χ3v) is 6.95. The Morgan fingerprint density at radius 2 is 2.03 bits per heavy atom. The van der Waals surface area contributed by atoms with Gasteiger partial charge in [0.2, 0.25) is 0 Å². The maximum absolute atomic E-state index is 12.5. The Labute approximate surface area is 178 Å². The number of amides is 1. The maximum atomic E-state index is 12.5. The fourth-order valence-electron chi connectivity index (χ4n) is 4.55. The Balaban J connectivity index is 1.26. The average molecular weight is 429 g/mol. The Kier molecular flexibility index (Phi) is 5.06. The lowest BCUT2D eigenvalue weighted by Gasteiger charge is -2.22. The molecule has 0 radical (unpaired) electrons. The van der Waals surface area contributed by atoms with E-state index in [9.17, 15) is 4.79 Å². The summed E-state index contributed by atoms with van der Waals surface area (Å²) in [6.07, 6.45) is 1.91. The summed E-state index contributed by atoms with van der Waals surface area (Å²) < 4.78 is 11.9. The molecular weight excluding hydrogens is 408 g/mol. The quantitative estimate of drug-likeness (QED) is 0.560. The smallest absolute Gasteiger partial charge is 0.410 e. The van der Waals surface area contributed by atoms with E-state index in [4.69, 9.17) is 21.1 Å². The van der Waals surface area contributed by atoms with Crippen molar-refractivity contribution in [2.24, 2.45) is 11.8 Å². The molecule has 2 fully saturated rings. The van der Waals surface area contributed by atoms with Gasteiger partial charge in [-0.3, -0.25) is 0 Å². The van der Waals surface area contributed by atoms with Gasteiger partial charge < -0.3 is 14.4 Å². The van der Waals surface area contributed by atoms with Crippen LogP contribution in [-0.4, -0.2) is 35.2 Å². The minimum atomic E-state index is -0.261. The molecule has 3 atom stereocenters. The molecule has 0 spiro atoms. The van der Waals surface area contributed by atoms with Crippen molar-refractivity contribution in [1.29, 1.82) is 0 Å². The van der Waals surface area contributed by atoms with Crippen molar-refractivity contribution in [3.8, 4) is 5.75 Å². The molecule has 1 aliphatic carbocycles. The molecule has 1 saturated carbocycles. The number of carbonyl (C=O) groups excluding carboxylic acids is 1. The highest BCUT2D eigenvalue weighted by Gasteiger charge is 2.45. The Morgan fingerprint density at radius 3 is 2.86 bits per heavy atom. The van der Waals surface area contributed by atoms with E-state index in [0.29, 0.717) is 18.4 Å². The topological polar surface area (TPSA) is 51.7 Å². The van der Waals surface area contributed by atoms with Crippen molar-refractivity contribution >= 4 is 39.8 Å². The van der Waals surface area contributed by atoms with Crippen LogP contribution < -0.4 is 4.74 Å². The third-order valence-electron chi connectivity index (χ3n) is 5.99. The average Bonchev–Trinajstić information content (AvgIpc) is 3.47. The zero-order valence-electron chi connectivity index (χ0n) is 15.8. The minimum Gasteiger partial charge on any atom is -0.489 e. The van der Waals surface area contributed by atoms with Crippen LogP contribution in [0.15, 0.2) is 47.3 Å². The van der Waals surface area contributed by atoms with Crippen molar-refractivity contribution in [3.63, 3.8) is 0 Å². The van der Waals surface area contributed by atoms with Gasteiger partial charge in [0.05, 0.1) is 11.2 Å². The van der Waals surface area contributed by atoms with E-state index in [2.05, 4.69) is 4.98 Å². The highest BCUT2D eigenvalue weighted by atomic mass is 35.5. The van der Waals surface area contributed by atoms with E-state index >= 15 is 0 Å². The number of benzene rings is 2. The van der Waals surface area contributed by atoms with E-state index in [0.717, 1.165) is 46.6 Å². The van der Waals surface area contributed by atoms with Crippen LogP contribution in [0.4, 0.5) is 4.79 Å². The van der Waals surface area contributed by atoms with Crippen LogP contribution in [-0.2, 0) is 11.3 Å². The van der Waals surface area contributed by atoms with Crippen LogP contribution in [0.1, 0.15) is 18.5 Å². The predicted molar refractivity (Wildman–Crippen MR) is 113 cm³/mol. The second-order valence-electron chi connectivity index (χ2n) is 7.69. The van der Waals surface area contributed by atoms with Gasteiger partial charge in [-0.25, -0.2) is 9.78 Å². The molecule has 0 unspecified atom stereocenters. The Bertz CT molecular complexity index is 1030. The number of hydrogen-bond acceptors (Lipinski definition) is 5. The zero-order chi connectivity index (χ0) is 19.8. The molecule has 5 nitrogen and oxygen atoms in total. The first-order valence-corrected chi connectivity index (χ1v) is 11.1. The number of aromatic nitrogens is 1. The molecule has 1 aromatic heterocycles. The number of carbonyl (C=O) groups is 1. The highest BCUT2D eigenvalue weighted by Crippen LogP contribution is 2.42. The summed E-state index contributed by atoms with van der Waals surface area (Å²) in [4.78, 5) is 18.4. The molecule has 150 valence electrons. The van der Waals surface area contributed by atoms with Crippen LogP contribution in [0.25, 0.3) is 10.8 Å². The van der Waals surface area contributed by atoms with Gasteiger partial charge in [-0.1, -0.05) is 35.9 Å². The first kappa shape index (κ1) is 18.7. The number of nitrogens with zero attached hydrogens (tertiary/aromatic N) is 2. The second-order valence-corrected chi connectivity index (χ2v) is 8.81. The first-order valence-electron chi connectivity index (χ1n) is 9.81. The van der Waals surface area contributed by atoms with E-state index < -0.39 is 0 Å². The summed E-state index contributed by atoms with van der Waals surface area (Å²) >= 11 is 7.84. The van der Waals surface area contributed by atoms with Gasteiger partial charge in [0.25, 0.3) is 0 Å². The molecule has 0 N–H and O–H groups in total. The summed E-state index contributed by atoms with van der Waals surface area (Å²) in [5.74, 6) is 1.65. The molecule has 0 bridgehead atoms. The summed E-state index contributed by atoms with van der Waals surface area (Å²) in [5.41, 5.74) is 2.53. The van der Waals surface area contributed by atoms with Crippen molar-refractivity contribution in [2.75, 3.05) is 13.1 Å². The standard InChI is InChI=1S/C22H21ClN2O3S/c23-19-6-8-20(17-4-2-1-3-16(17)19)28-21-7-5-14-9-25(10-18(14)21)22(26)27-11-15-12-29-13-24-15/h1-4,6,8,12-14,18,21H,5,7,9-11H2/t14-,18+,21+/m1/s1. The number of likely N-dealkylation sites (tertiary alicyclic amines) is 1. The van der Waals surface area contributed by atoms with Gasteiger partial charge in [0.1, 0.15) is 18.5 Å². The van der Waals surface area contributed by atoms with Gasteiger partial charge >= 0.3 is 6.09 Å². The molecule has 1 amide bonds.